The summed E-state index contributed by atoms with van der Waals surface area (Å²) in [5, 5.41) is 10.7. The van der Waals surface area contributed by atoms with Gasteiger partial charge in [-0.3, -0.25) is 14.9 Å². The molecule has 0 amide bonds. The second kappa shape index (κ2) is 5.70. The number of aromatic nitrogens is 2. The van der Waals surface area contributed by atoms with E-state index in [1.54, 1.807) is 6.07 Å². The minimum absolute atomic E-state index is 0.104. The van der Waals surface area contributed by atoms with E-state index in [-0.39, 0.29) is 17.4 Å². The maximum Gasteiger partial charge on any atom is 0.288 e. The normalized spacial score (nSPS) is 10.3. The molecule has 2 aromatic rings. The molecule has 0 N–H and O–H groups in total. The molecule has 0 aliphatic heterocycles. The first-order valence-electron chi connectivity index (χ1n) is 5.54. The van der Waals surface area contributed by atoms with E-state index in [1.165, 1.54) is 36.2 Å². The van der Waals surface area contributed by atoms with E-state index in [4.69, 9.17) is 16.3 Å². The fraction of sp³-hybridized carbons (Fsp3) is 0.167. The highest BCUT2D eigenvalue weighted by Crippen LogP contribution is 2.22. The summed E-state index contributed by atoms with van der Waals surface area (Å²) in [4.78, 5) is 25.7. The van der Waals surface area contributed by atoms with E-state index in [2.05, 4.69) is 4.98 Å². The van der Waals surface area contributed by atoms with E-state index in [0.29, 0.717) is 11.3 Å². The molecule has 1 heterocycles. The maximum absolute atomic E-state index is 11.7. The smallest absolute Gasteiger partial charge is 0.288 e. The molecular formula is C12H10ClN3O4. The molecule has 104 valence electrons. The molecule has 0 radical (unpaired) electrons. The first kappa shape index (κ1) is 14.0. The SMILES string of the molecule is COc1cc(Cn2ccnc(Cl)c2=O)cc([N+](=O)[O-])c1. The van der Waals surface area contributed by atoms with Gasteiger partial charge in [-0.1, -0.05) is 11.6 Å². The topological polar surface area (TPSA) is 87.3 Å². The monoisotopic (exact) mass is 295 g/mol. The van der Waals surface area contributed by atoms with Crippen LogP contribution in [0.4, 0.5) is 5.69 Å². The lowest BCUT2D eigenvalue weighted by Crippen LogP contribution is -2.21. The second-order valence-corrected chi connectivity index (χ2v) is 4.31. The third kappa shape index (κ3) is 2.94. The van der Waals surface area contributed by atoms with Crippen LogP contribution in [0.5, 0.6) is 5.75 Å². The number of rotatable bonds is 4. The Hall–Kier alpha value is -2.41. The molecule has 8 heteroatoms. The number of hydrogen-bond donors (Lipinski definition) is 0. The maximum atomic E-state index is 11.7. The number of non-ortho nitro benzene ring substituents is 1. The first-order chi connectivity index (χ1) is 9.51. The zero-order valence-corrected chi connectivity index (χ0v) is 11.2. The summed E-state index contributed by atoms with van der Waals surface area (Å²) in [5.74, 6) is 0.349. The molecule has 7 nitrogen and oxygen atoms in total. The Kier molecular flexibility index (Phi) is 3.99. The molecule has 0 saturated heterocycles. The molecule has 0 aliphatic rings. The van der Waals surface area contributed by atoms with Crippen LogP contribution in [0.25, 0.3) is 0 Å². The fourth-order valence-corrected chi connectivity index (χ4v) is 1.86. The zero-order valence-electron chi connectivity index (χ0n) is 10.4. The van der Waals surface area contributed by atoms with Crippen molar-refractivity contribution in [1.82, 2.24) is 9.55 Å². The van der Waals surface area contributed by atoms with Crippen LogP contribution in [0.2, 0.25) is 5.15 Å². The molecule has 1 aromatic heterocycles. The van der Waals surface area contributed by atoms with Gasteiger partial charge in [-0.15, -0.1) is 0 Å². The number of nitro groups is 1. The summed E-state index contributed by atoms with van der Waals surface area (Å²) < 4.78 is 6.32. The van der Waals surface area contributed by atoms with Gasteiger partial charge in [-0.2, -0.15) is 0 Å². The molecule has 0 spiro atoms. The first-order valence-corrected chi connectivity index (χ1v) is 5.92. The van der Waals surface area contributed by atoms with Gasteiger partial charge in [-0.25, -0.2) is 4.98 Å². The predicted octanol–water partition coefficient (Wildman–Crippen LogP) is 1.86. The fourth-order valence-electron chi connectivity index (χ4n) is 1.70. The van der Waals surface area contributed by atoms with Crippen LogP contribution < -0.4 is 10.3 Å². The van der Waals surface area contributed by atoms with Crippen molar-refractivity contribution >= 4 is 17.3 Å². The quantitative estimate of drug-likeness (QED) is 0.634. The van der Waals surface area contributed by atoms with Gasteiger partial charge in [0.25, 0.3) is 11.2 Å². The van der Waals surface area contributed by atoms with Crippen molar-refractivity contribution in [3.63, 3.8) is 0 Å². The van der Waals surface area contributed by atoms with Gasteiger partial charge in [0.05, 0.1) is 24.6 Å². The summed E-state index contributed by atoms with van der Waals surface area (Å²) in [6, 6.07) is 4.31. The molecule has 0 atom stereocenters. The summed E-state index contributed by atoms with van der Waals surface area (Å²) in [6.07, 6.45) is 2.85. The molecule has 1 aromatic carbocycles. The number of hydrogen-bond acceptors (Lipinski definition) is 5. The lowest BCUT2D eigenvalue weighted by atomic mass is 10.2. The highest BCUT2D eigenvalue weighted by atomic mass is 35.5. The van der Waals surface area contributed by atoms with E-state index in [1.807, 2.05) is 0 Å². The molecule has 0 unspecified atom stereocenters. The van der Waals surface area contributed by atoms with E-state index >= 15 is 0 Å². The van der Waals surface area contributed by atoms with Crippen molar-refractivity contribution in [2.24, 2.45) is 0 Å². The van der Waals surface area contributed by atoms with Crippen molar-refractivity contribution in [2.75, 3.05) is 7.11 Å². The Balaban J connectivity index is 2.43. The van der Waals surface area contributed by atoms with Gasteiger partial charge in [0.1, 0.15) is 5.75 Å². The minimum Gasteiger partial charge on any atom is -0.496 e. The number of methoxy groups -OCH3 is 1. The van der Waals surface area contributed by atoms with Crippen molar-refractivity contribution in [3.05, 3.63) is 61.8 Å². The van der Waals surface area contributed by atoms with Crippen LogP contribution >= 0.6 is 11.6 Å². The predicted molar refractivity (Wildman–Crippen MR) is 72.3 cm³/mol. The van der Waals surface area contributed by atoms with E-state index < -0.39 is 10.5 Å². The van der Waals surface area contributed by atoms with Gasteiger partial charge in [-0.05, 0) is 11.6 Å². The van der Waals surface area contributed by atoms with Gasteiger partial charge >= 0.3 is 0 Å². The van der Waals surface area contributed by atoms with Crippen LogP contribution in [-0.2, 0) is 6.54 Å². The average Bonchev–Trinajstić information content (AvgIpc) is 2.43. The Labute approximate surface area is 118 Å². The molecule has 0 bridgehead atoms. The Morgan fingerprint density at radius 3 is 2.85 bits per heavy atom. The highest BCUT2D eigenvalue weighted by molar-refractivity contribution is 6.29. The second-order valence-electron chi connectivity index (χ2n) is 3.95. The van der Waals surface area contributed by atoms with Crippen LogP contribution in [0.3, 0.4) is 0 Å². The van der Waals surface area contributed by atoms with Crippen LogP contribution in [0, 0.1) is 10.1 Å². The molecule has 0 saturated carbocycles. The van der Waals surface area contributed by atoms with Gasteiger partial charge in [0.2, 0.25) is 0 Å². The van der Waals surface area contributed by atoms with Crippen molar-refractivity contribution in [2.45, 2.75) is 6.54 Å². The van der Waals surface area contributed by atoms with E-state index in [0.717, 1.165) is 0 Å². The standard InChI is InChI=1S/C12H10ClN3O4/c1-20-10-5-8(4-9(6-10)16(18)19)7-15-3-2-14-11(13)12(15)17/h2-6H,7H2,1H3. The van der Waals surface area contributed by atoms with Gasteiger partial charge in [0, 0.05) is 18.5 Å². The van der Waals surface area contributed by atoms with Crippen LogP contribution in [0.15, 0.2) is 35.4 Å². The number of nitrogens with zero attached hydrogens (tertiary/aromatic N) is 3. The Morgan fingerprint density at radius 2 is 2.20 bits per heavy atom. The molecule has 0 aliphatic carbocycles. The minimum atomic E-state index is -0.520. The largest absolute Gasteiger partial charge is 0.496 e. The summed E-state index contributed by atoms with van der Waals surface area (Å²) >= 11 is 5.64. The average molecular weight is 296 g/mol. The zero-order chi connectivity index (χ0) is 14.7. The van der Waals surface area contributed by atoms with Crippen molar-refractivity contribution < 1.29 is 9.66 Å². The number of nitro benzene ring substituents is 1. The van der Waals surface area contributed by atoms with Crippen LogP contribution in [0.1, 0.15) is 5.56 Å². The summed E-state index contributed by atoms with van der Waals surface area (Å²) in [7, 11) is 1.41. The Morgan fingerprint density at radius 1 is 1.45 bits per heavy atom. The lowest BCUT2D eigenvalue weighted by Gasteiger charge is -2.07. The number of ether oxygens (including phenoxy) is 1. The molecular weight excluding hydrogens is 286 g/mol. The summed E-state index contributed by atoms with van der Waals surface area (Å²) in [5.41, 5.74) is -0.00684. The summed E-state index contributed by atoms with van der Waals surface area (Å²) in [6.45, 7) is 0.138. The number of halogens is 1. The molecule has 2 rings (SSSR count). The third-order valence-electron chi connectivity index (χ3n) is 2.62. The van der Waals surface area contributed by atoms with Crippen molar-refractivity contribution in [1.29, 1.82) is 0 Å². The highest BCUT2D eigenvalue weighted by Gasteiger charge is 2.11. The van der Waals surface area contributed by atoms with Gasteiger partial charge in [0.15, 0.2) is 5.15 Å². The van der Waals surface area contributed by atoms with Crippen molar-refractivity contribution in [3.8, 4) is 5.75 Å². The lowest BCUT2D eigenvalue weighted by molar-refractivity contribution is -0.385. The number of benzene rings is 1. The van der Waals surface area contributed by atoms with E-state index in [9.17, 15) is 14.9 Å². The Bertz CT molecular complexity index is 714. The third-order valence-corrected chi connectivity index (χ3v) is 2.88. The molecule has 0 fully saturated rings. The molecule has 20 heavy (non-hydrogen) atoms. The van der Waals surface area contributed by atoms with Gasteiger partial charge < -0.3 is 9.30 Å². The van der Waals surface area contributed by atoms with Crippen LogP contribution in [-0.4, -0.2) is 21.6 Å².